The molecule has 4 rings (SSSR count). The highest BCUT2D eigenvalue weighted by atomic mass is 79.9. The second-order valence-electron chi connectivity index (χ2n) is 5.89. The first-order valence-corrected chi connectivity index (χ1v) is 8.98. The number of halogens is 3. The van der Waals surface area contributed by atoms with Gasteiger partial charge >= 0.3 is 0 Å². The van der Waals surface area contributed by atoms with Crippen molar-refractivity contribution in [3.8, 4) is 22.3 Å². The van der Waals surface area contributed by atoms with Crippen molar-refractivity contribution in [3.63, 3.8) is 0 Å². The standard InChI is InChI=1S/C19H13BrClFN4/c1-10-17(11-3-2-4-13(21)7-11)18(23)26-19(25-10)15(9-24-26)14-6-5-12(20)8-16(14)22/h2-9H,23H2,1H3. The number of aromatic nitrogens is 3. The lowest BCUT2D eigenvalue weighted by atomic mass is 10.0. The Balaban J connectivity index is 1.96. The van der Waals surface area contributed by atoms with Crippen LogP contribution in [0.5, 0.6) is 0 Å². The van der Waals surface area contributed by atoms with E-state index in [1.165, 1.54) is 10.6 Å². The number of rotatable bonds is 2. The Morgan fingerprint density at radius 1 is 1.15 bits per heavy atom. The number of benzene rings is 2. The first-order valence-electron chi connectivity index (χ1n) is 7.81. The van der Waals surface area contributed by atoms with Gasteiger partial charge in [0.2, 0.25) is 0 Å². The molecule has 0 saturated heterocycles. The number of nitrogens with zero attached hydrogens (tertiary/aromatic N) is 3. The number of hydrogen-bond donors (Lipinski definition) is 1. The Bertz CT molecular complexity index is 1160. The van der Waals surface area contributed by atoms with Crippen molar-refractivity contribution in [2.75, 3.05) is 5.73 Å². The summed E-state index contributed by atoms with van der Waals surface area (Å²) in [7, 11) is 0. The molecule has 0 unspecified atom stereocenters. The van der Waals surface area contributed by atoms with Crippen LogP contribution in [0.25, 0.3) is 27.9 Å². The Morgan fingerprint density at radius 3 is 2.69 bits per heavy atom. The second kappa shape index (κ2) is 6.37. The first kappa shape index (κ1) is 17.0. The van der Waals surface area contributed by atoms with Crippen LogP contribution < -0.4 is 5.73 Å². The molecular formula is C19H13BrClFN4. The maximum atomic E-state index is 14.4. The van der Waals surface area contributed by atoms with Gasteiger partial charge in [-0.1, -0.05) is 45.7 Å². The summed E-state index contributed by atoms with van der Waals surface area (Å²) < 4.78 is 16.6. The summed E-state index contributed by atoms with van der Waals surface area (Å²) >= 11 is 9.37. The quantitative estimate of drug-likeness (QED) is 0.455. The van der Waals surface area contributed by atoms with E-state index in [-0.39, 0.29) is 5.82 Å². The van der Waals surface area contributed by atoms with Gasteiger partial charge in [-0.3, -0.25) is 0 Å². The minimum Gasteiger partial charge on any atom is -0.383 e. The van der Waals surface area contributed by atoms with Crippen molar-refractivity contribution < 1.29 is 4.39 Å². The summed E-state index contributed by atoms with van der Waals surface area (Å²) in [5.74, 6) is 0.0738. The molecule has 7 heteroatoms. The minimum atomic E-state index is -0.355. The molecule has 2 heterocycles. The van der Waals surface area contributed by atoms with Gasteiger partial charge in [-0.25, -0.2) is 9.37 Å². The molecule has 0 amide bonds. The smallest absolute Gasteiger partial charge is 0.165 e. The van der Waals surface area contributed by atoms with E-state index in [0.29, 0.717) is 32.1 Å². The summed E-state index contributed by atoms with van der Waals surface area (Å²) in [4.78, 5) is 4.64. The van der Waals surface area contributed by atoms with Gasteiger partial charge in [0.15, 0.2) is 5.65 Å². The van der Waals surface area contributed by atoms with E-state index in [2.05, 4.69) is 26.0 Å². The normalized spacial score (nSPS) is 11.2. The molecule has 0 saturated carbocycles. The van der Waals surface area contributed by atoms with Crippen LogP contribution in [0, 0.1) is 12.7 Å². The molecule has 0 bridgehead atoms. The predicted octanol–water partition coefficient (Wildman–Crippen LogP) is 5.51. The van der Waals surface area contributed by atoms with Crippen LogP contribution in [0.4, 0.5) is 10.2 Å². The molecule has 0 aliphatic rings. The fourth-order valence-corrected chi connectivity index (χ4v) is 3.55. The van der Waals surface area contributed by atoms with Crippen LogP contribution >= 0.6 is 27.5 Å². The van der Waals surface area contributed by atoms with Crippen molar-refractivity contribution >= 4 is 39.0 Å². The highest BCUT2D eigenvalue weighted by Crippen LogP contribution is 2.34. The molecule has 2 aromatic heterocycles. The largest absolute Gasteiger partial charge is 0.383 e. The monoisotopic (exact) mass is 430 g/mol. The fourth-order valence-electron chi connectivity index (χ4n) is 3.03. The average molecular weight is 432 g/mol. The van der Waals surface area contributed by atoms with E-state index >= 15 is 0 Å². The molecule has 26 heavy (non-hydrogen) atoms. The second-order valence-corrected chi connectivity index (χ2v) is 7.24. The molecule has 2 N–H and O–H groups in total. The van der Waals surface area contributed by atoms with Crippen LogP contribution in [-0.4, -0.2) is 14.6 Å². The number of aryl methyl sites for hydroxylation is 1. The molecule has 0 atom stereocenters. The van der Waals surface area contributed by atoms with Crippen LogP contribution in [0.1, 0.15) is 5.69 Å². The third-order valence-electron chi connectivity index (χ3n) is 4.20. The molecule has 0 aliphatic heterocycles. The summed E-state index contributed by atoms with van der Waals surface area (Å²) in [6.07, 6.45) is 1.58. The number of anilines is 1. The van der Waals surface area contributed by atoms with Gasteiger partial charge < -0.3 is 5.73 Å². The van der Waals surface area contributed by atoms with Crippen molar-refractivity contribution in [2.24, 2.45) is 0 Å². The Hall–Kier alpha value is -2.44. The van der Waals surface area contributed by atoms with Gasteiger partial charge in [-0.05, 0) is 36.8 Å². The van der Waals surface area contributed by atoms with Crippen LogP contribution in [0.3, 0.4) is 0 Å². The van der Waals surface area contributed by atoms with E-state index in [0.717, 1.165) is 16.8 Å². The first-order chi connectivity index (χ1) is 12.5. The summed E-state index contributed by atoms with van der Waals surface area (Å²) in [6, 6.07) is 12.3. The van der Waals surface area contributed by atoms with E-state index in [9.17, 15) is 4.39 Å². The van der Waals surface area contributed by atoms with Gasteiger partial charge in [0.25, 0.3) is 0 Å². The van der Waals surface area contributed by atoms with Gasteiger partial charge in [0.1, 0.15) is 11.6 Å². The molecule has 4 aromatic rings. The average Bonchev–Trinajstić information content (AvgIpc) is 2.99. The fraction of sp³-hybridized carbons (Fsp3) is 0.0526. The minimum absolute atomic E-state index is 0.355. The zero-order valence-electron chi connectivity index (χ0n) is 13.7. The number of nitrogen functional groups attached to an aromatic ring is 1. The molecule has 0 fully saturated rings. The van der Waals surface area contributed by atoms with Crippen molar-refractivity contribution in [2.45, 2.75) is 6.92 Å². The Kier molecular flexibility index (Phi) is 4.17. The zero-order chi connectivity index (χ0) is 18.4. The number of hydrogen-bond acceptors (Lipinski definition) is 3. The predicted molar refractivity (Wildman–Crippen MR) is 106 cm³/mol. The Morgan fingerprint density at radius 2 is 1.96 bits per heavy atom. The van der Waals surface area contributed by atoms with Gasteiger partial charge in [0.05, 0.1) is 11.9 Å². The van der Waals surface area contributed by atoms with E-state index in [4.69, 9.17) is 17.3 Å². The zero-order valence-corrected chi connectivity index (χ0v) is 16.0. The summed E-state index contributed by atoms with van der Waals surface area (Å²) in [6.45, 7) is 1.86. The van der Waals surface area contributed by atoms with Gasteiger partial charge in [0, 0.05) is 26.2 Å². The van der Waals surface area contributed by atoms with Crippen LogP contribution in [0.15, 0.2) is 53.1 Å². The Labute approximate surface area is 162 Å². The van der Waals surface area contributed by atoms with Crippen molar-refractivity contribution in [1.82, 2.24) is 14.6 Å². The van der Waals surface area contributed by atoms with E-state index in [1.807, 2.05) is 25.1 Å². The third kappa shape index (κ3) is 2.75. The van der Waals surface area contributed by atoms with Crippen molar-refractivity contribution in [3.05, 3.63) is 69.7 Å². The van der Waals surface area contributed by atoms with E-state index < -0.39 is 0 Å². The maximum absolute atomic E-state index is 14.4. The van der Waals surface area contributed by atoms with Gasteiger partial charge in [-0.2, -0.15) is 9.61 Å². The van der Waals surface area contributed by atoms with Crippen LogP contribution in [-0.2, 0) is 0 Å². The molecule has 2 aromatic carbocycles. The molecular weight excluding hydrogens is 419 g/mol. The summed E-state index contributed by atoms with van der Waals surface area (Å²) in [5.41, 5.74) is 10.2. The lowest BCUT2D eigenvalue weighted by molar-refractivity contribution is 0.630. The maximum Gasteiger partial charge on any atom is 0.165 e. The summed E-state index contributed by atoms with van der Waals surface area (Å²) in [5, 5.41) is 4.94. The van der Waals surface area contributed by atoms with Crippen molar-refractivity contribution in [1.29, 1.82) is 0 Å². The van der Waals surface area contributed by atoms with Gasteiger partial charge in [-0.15, -0.1) is 0 Å². The molecule has 0 aliphatic carbocycles. The highest BCUT2D eigenvalue weighted by molar-refractivity contribution is 9.10. The molecule has 0 spiro atoms. The lowest BCUT2D eigenvalue weighted by Crippen LogP contribution is -2.05. The highest BCUT2D eigenvalue weighted by Gasteiger charge is 2.18. The lowest BCUT2D eigenvalue weighted by Gasteiger charge is -2.12. The van der Waals surface area contributed by atoms with E-state index in [1.54, 1.807) is 24.4 Å². The SMILES string of the molecule is Cc1nc2c(-c3ccc(Br)cc3F)cnn2c(N)c1-c1cccc(Cl)c1. The number of nitrogens with two attached hydrogens (primary N) is 1. The number of fused-ring (bicyclic) bond motifs is 1. The molecule has 130 valence electrons. The topological polar surface area (TPSA) is 56.2 Å². The molecule has 4 nitrogen and oxygen atoms in total. The third-order valence-corrected chi connectivity index (χ3v) is 4.93. The van der Waals surface area contributed by atoms with Crippen LogP contribution in [0.2, 0.25) is 5.02 Å². The molecule has 0 radical (unpaired) electrons.